The highest BCUT2D eigenvalue weighted by Crippen LogP contribution is 2.20. The smallest absolute Gasteiger partial charge is 0.227 e. The fourth-order valence-electron chi connectivity index (χ4n) is 2.09. The van der Waals surface area contributed by atoms with Crippen LogP contribution in [0.2, 0.25) is 0 Å². The Morgan fingerprint density at radius 2 is 1.75 bits per heavy atom. The highest BCUT2D eigenvalue weighted by atomic mass is 16.2. The van der Waals surface area contributed by atoms with E-state index in [-0.39, 0.29) is 17.2 Å². The van der Waals surface area contributed by atoms with Crippen molar-refractivity contribution < 1.29 is 9.59 Å². The SMILES string of the molecule is CCC(C)(C)N(CCC(C)=O)C(=O)Cc1ccccc1. The van der Waals surface area contributed by atoms with Gasteiger partial charge in [0.25, 0.3) is 0 Å². The molecule has 20 heavy (non-hydrogen) atoms. The zero-order valence-electron chi connectivity index (χ0n) is 13.0. The van der Waals surface area contributed by atoms with Crippen molar-refractivity contribution >= 4 is 11.7 Å². The molecule has 0 aliphatic heterocycles. The first-order valence-corrected chi connectivity index (χ1v) is 7.20. The van der Waals surface area contributed by atoms with Crippen LogP contribution in [0.4, 0.5) is 0 Å². The number of carbonyl (C=O) groups excluding carboxylic acids is 2. The molecule has 1 rings (SSSR count). The largest absolute Gasteiger partial charge is 0.337 e. The van der Waals surface area contributed by atoms with Gasteiger partial charge in [-0.3, -0.25) is 9.59 Å². The molecule has 0 radical (unpaired) electrons. The molecule has 0 atom stereocenters. The lowest BCUT2D eigenvalue weighted by Crippen LogP contribution is -2.48. The Balaban J connectivity index is 2.81. The average molecular weight is 275 g/mol. The second-order valence-corrected chi connectivity index (χ2v) is 5.83. The molecule has 1 aromatic carbocycles. The lowest BCUT2D eigenvalue weighted by Gasteiger charge is -2.38. The van der Waals surface area contributed by atoms with Crippen molar-refractivity contribution in [1.82, 2.24) is 4.90 Å². The summed E-state index contributed by atoms with van der Waals surface area (Å²) in [5, 5.41) is 0. The summed E-state index contributed by atoms with van der Waals surface area (Å²) in [6.07, 6.45) is 1.68. The molecule has 0 heterocycles. The van der Waals surface area contributed by atoms with Gasteiger partial charge < -0.3 is 4.90 Å². The van der Waals surface area contributed by atoms with Crippen LogP contribution in [0.5, 0.6) is 0 Å². The first-order chi connectivity index (χ1) is 9.36. The Hall–Kier alpha value is -1.64. The summed E-state index contributed by atoms with van der Waals surface area (Å²) in [5.74, 6) is 0.207. The standard InChI is InChI=1S/C17H25NO2/c1-5-17(3,4)18(12-11-14(2)19)16(20)13-15-9-7-6-8-10-15/h6-10H,5,11-13H2,1-4H3. The van der Waals surface area contributed by atoms with Gasteiger partial charge in [-0.15, -0.1) is 0 Å². The lowest BCUT2D eigenvalue weighted by atomic mass is 9.97. The molecule has 3 heteroatoms. The molecule has 1 aromatic rings. The molecule has 0 aliphatic carbocycles. The second-order valence-electron chi connectivity index (χ2n) is 5.83. The normalized spacial score (nSPS) is 11.2. The number of rotatable bonds is 7. The summed E-state index contributed by atoms with van der Waals surface area (Å²) in [6, 6.07) is 9.73. The van der Waals surface area contributed by atoms with Gasteiger partial charge in [-0.05, 0) is 32.8 Å². The Kier molecular flexibility index (Phi) is 5.93. The topological polar surface area (TPSA) is 37.4 Å². The van der Waals surface area contributed by atoms with Crippen LogP contribution in [-0.4, -0.2) is 28.7 Å². The van der Waals surface area contributed by atoms with E-state index >= 15 is 0 Å². The summed E-state index contributed by atoms with van der Waals surface area (Å²) < 4.78 is 0. The predicted octanol–water partition coefficient (Wildman–Crippen LogP) is 3.23. The molecule has 0 saturated heterocycles. The van der Waals surface area contributed by atoms with Crippen molar-refractivity contribution in [3.8, 4) is 0 Å². The zero-order chi connectivity index (χ0) is 15.2. The van der Waals surface area contributed by atoms with E-state index in [0.29, 0.717) is 19.4 Å². The first kappa shape index (κ1) is 16.4. The van der Waals surface area contributed by atoms with Crippen LogP contribution < -0.4 is 0 Å². The summed E-state index contributed by atoms with van der Waals surface area (Å²) in [5.41, 5.74) is 0.790. The van der Waals surface area contributed by atoms with E-state index in [1.165, 1.54) is 0 Å². The van der Waals surface area contributed by atoms with Crippen LogP contribution in [0, 0.1) is 0 Å². The summed E-state index contributed by atoms with van der Waals surface area (Å²) in [4.78, 5) is 25.6. The van der Waals surface area contributed by atoms with E-state index in [1.54, 1.807) is 6.92 Å². The molecular formula is C17H25NO2. The number of carbonyl (C=O) groups is 2. The van der Waals surface area contributed by atoms with Gasteiger partial charge in [0.2, 0.25) is 5.91 Å². The Morgan fingerprint density at radius 1 is 1.15 bits per heavy atom. The Bertz CT molecular complexity index is 451. The minimum Gasteiger partial charge on any atom is -0.337 e. The van der Waals surface area contributed by atoms with Gasteiger partial charge in [-0.1, -0.05) is 37.3 Å². The van der Waals surface area contributed by atoms with Crippen LogP contribution in [0.25, 0.3) is 0 Å². The minimum atomic E-state index is -0.221. The van der Waals surface area contributed by atoms with Crippen molar-refractivity contribution in [2.75, 3.05) is 6.54 Å². The predicted molar refractivity (Wildman–Crippen MR) is 81.5 cm³/mol. The van der Waals surface area contributed by atoms with E-state index in [4.69, 9.17) is 0 Å². The van der Waals surface area contributed by atoms with E-state index in [2.05, 4.69) is 20.8 Å². The van der Waals surface area contributed by atoms with E-state index in [1.807, 2.05) is 35.2 Å². The maximum atomic E-state index is 12.5. The number of Topliss-reactive ketones (excluding diaryl/α,β-unsaturated/α-hetero) is 1. The van der Waals surface area contributed by atoms with Gasteiger partial charge in [0.15, 0.2) is 0 Å². The molecule has 0 unspecified atom stereocenters. The van der Waals surface area contributed by atoms with Crippen molar-refractivity contribution in [2.24, 2.45) is 0 Å². The highest BCUT2D eigenvalue weighted by Gasteiger charge is 2.28. The Morgan fingerprint density at radius 3 is 2.25 bits per heavy atom. The summed E-state index contributed by atoms with van der Waals surface area (Å²) in [7, 11) is 0. The van der Waals surface area contributed by atoms with Crippen molar-refractivity contribution in [2.45, 2.75) is 52.5 Å². The van der Waals surface area contributed by atoms with E-state index in [0.717, 1.165) is 12.0 Å². The lowest BCUT2D eigenvalue weighted by molar-refractivity contribution is -0.136. The molecule has 0 spiro atoms. The molecule has 110 valence electrons. The summed E-state index contributed by atoms with van der Waals surface area (Å²) in [6.45, 7) is 8.24. The maximum Gasteiger partial charge on any atom is 0.227 e. The molecule has 0 aliphatic rings. The fourth-order valence-corrected chi connectivity index (χ4v) is 2.09. The zero-order valence-corrected chi connectivity index (χ0v) is 13.0. The minimum absolute atomic E-state index is 0.0873. The van der Waals surface area contributed by atoms with Crippen molar-refractivity contribution in [3.05, 3.63) is 35.9 Å². The monoisotopic (exact) mass is 275 g/mol. The molecule has 0 N–H and O–H groups in total. The fraction of sp³-hybridized carbons (Fsp3) is 0.529. The third-order valence-electron chi connectivity index (χ3n) is 3.78. The molecule has 0 fully saturated rings. The Labute approximate surface area is 122 Å². The van der Waals surface area contributed by atoms with Crippen molar-refractivity contribution in [1.29, 1.82) is 0 Å². The van der Waals surface area contributed by atoms with Crippen LogP contribution in [0.15, 0.2) is 30.3 Å². The molecule has 1 amide bonds. The van der Waals surface area contributed by atoms with Gasteiger partial charge in [0.1, 0.15) is 5.78 Å². The number of amides is 1. The molecule has 0 saturated carbocycles. The molecule has 0 bridgehead atoms. The van der Waals surface area contributed by atoms with Gasteiger partial charge in [0.05, 0.1) is 6.42 Å². The quantitative estimate of drug-likeness (QED) is 0.766. The highest BCUT2D eigenvalue weighted by molar-refractivity contribution is 5.81. The maximum absolute atomic E-state index is 12.5. The van der Waals surface area contributed by atoms with Crippen LogP contribution in [-0.2, 0) is 16.0 Å². The number of hydrogen-bond donors (Lipinski definition) is 0. The van der Waals surface area contributed by atoms with Crippen LogP contribution in [0.1, 0.15) is 46.1 Å². The van der Waals surface area contributed by atoms with Crippen LogP contribution >= 0.6 is 0 Å². The third-order valence-corrected chi connectivity index (χ3v) is 3.78. The molecule has 0 aromatic heterocycles. The second kappa shape index (κ2) is 7.22. The third kappa shape index (κ3) is 4.80. The van der Waals surface area contributed by atoms with E-state index in [9.17, 15) is 9.59 Å². The molecular weight excluding hydrogens is 250 g/mol. The average Bonchev–Trinajstić information content (AvgIpc) is 2.39. The number of hydrogen-bond acceptors (Lipinski definition) is 2. The van der Waals surface area contributed by atoms with E-state index < -0.39 is 0 Å². The summed E-state index contributed by atoms with van der Waals surface area (Å²) >= 11 is 0. The number of ketones is 1. The van der Waals surface area contributed by atoms with Gasteiger partial charge in [-0.2, -0.15) is 0 Å². The van der Waals surface area contributed by atoms with Gasteiger partial charge in [0, 0.05) is 18.5 Å². The van der Waals surface area contributed by atoms with Crippen LogP contribution in [0.3, 0.4) is 0 Å². The number of nitrogens with zero attached hydrogens (tertiary/aromatic N) is 1. The first-order valence-electron chi connectivity index (χ1n) is 7.20. The molecule has 3 nitrogen and oxygen atoms in total. The van der Waals surface area contributed by atoms with Gasteiger partial charge >= 0.3 is 0 Å². The van der Waals surface area contributed by atoms with Gasteiger partial charge in [-0.25, -0.2) is 0 Å². The van der Waals surface area contributed by atoms with Crippen molar-refractivity contribution in [3.63, 3.8) is 0 Å². The number of benzene rings is 1.